The van der Waals surface area contributed by atoms with Gasteiger partial charge in [-0.15, -0.1) is 0 Å². The van der Waals surface area contributed by atoms with Gasteiger partial charge in [-0.1, -0.05) is 35.9 Å². The van der Waals surface area contributed by atoms with Crippen LogP contribution in [-0.4, -0.2) is 5.78 Å². The van der Waals surface area contributed by atoms with Crippen LogP contribution < -0.4 is 5.73 Å². The minimum Gasteiger partial charge on any atom is -0.398 e. The number of carbonyl (C=O) groups excluding carboxylic acids is 1. The molecule has 86 valence electrons. The number of aryl methyl sites for hydroxylation is 2. The van der Waals surface area contributed by atoms with Crippen molar-refractivity contribution in [3.05, 3.63) is 64.7 Å². The van der Waals surface area contributed by atoms with Crippen molar-refractivity contribution < 1.29 is 4.79 Å². The highest BCUT2D eigenvalue weighted by atomic mass is 16.1. The minimum atomic E-state index is 0.0143. The molecule has 17 heavy (non-hydrogen) atoms. The van der Waals surface area contributed by atoms with Crippen molar-refractivity contribution in [3.63, 3.8) is 0 Å². The molecule has 0 amide bonds. The zero-order valence-corrected chi connectivity index (χ0v) is 10.0. The van der Waals surface area contributed by atoms with Crippen molar-refractivity contribution in [3.8, 4) is 0 Å². The molecule has 2 nitrogen and oxygen atoms in total. The third kappa shape index (κ3) is 2.36. The summed E-state index contributed by atoms with van der Waals surface area (Å²) in [4.78, 5) is 12.2. The summed E-state index contributed by atoms with van der Waals surface area (Å²) in [7, 11) is 0. The van der Waals surface area contributed by atoms with E-state index >= 15 is 0 Å². The first-order chi connectivity index (χ1) is 8.08. The Bertz CT molecular complexity index is 573. The van der Waals surface area contributed by atoms with E-state index in [1.165, 1.54) is 0 Å². The normalized spacial score (nSPS) is 10.2. The molecule has 0 heterocycles. The van der Waals surface area contributed by atoms with Crippen LogP contribution in [0.25, 0.3) is 0 Å². The number of hydrogen-bond donors (Lipinski definition) is 1. The molecular formula is C15H15NO. The molecular weight excluding hydrogens is 210 g/mol. The number of hydrogen-bond acceptors (Lipinski definition) is 2. The summed E-state index contributed by atoms with van der Waals surface area (Å²) in [6.07, 6.45) is 0. The van der Waals surface area contributed by atoms with E-state index in [1.54, 1.807) is 6.07 Å². The summed E-state index contributed by atoms with van der Waals surface area (Å²) >= 11 is 0. The van der Waals surface area contributed by atoms with Gasteiger partial charge in [-0.3, -0.25) is 4.79 Å². The topological polar surface area (TPSA) is 43.1 Å². The maximum absolute atomic E-state index is 12.2. The van der Waals surface area contributed by atoms with Crippen LogP contribution in [0.1, 0.15) is 27.0 Å². The first-order valence-electron chi connectivity index (χ1n) is 5.55. The van der Waals surface area contributed by atoms with Crippen LogP contribution in [0.2, 0.25) is 0 Å². The number of rotatable bonds is 2. The van der Waals surface area contributed by atoms with E-state index in [2.05, 4.69) is 0 Å². The second-order valence-electron chi connectivity index (χ2n) is 4.27. The highest BCUT2D eigenvalue weighted by Crippen LogP contribution is 2.17. The number of ketones is 1. The number of carbonyl (C=O) groups is 1. The average Bonchev–Trinajstić information content (AvgIpc) is 2.32. The van der Waals surface area contributed by atoms with E-state index in [-0.39, 0.29) is 5.78 Å². The van der Waals surface area contributed by atoms with Crippen molar-refractivity contribution in [2.24, 2.45) is 0 Å². The lowest BCUT2D eigenvalue weighted by atomic mass is 10.00. The van der Waals surface area contributed by atoms with E-state index in [0.29, 0.717) is 16.8 Å². The average molecular weight is 225 g/mol. The Morgan fingerprint density at radius 1 is 1.00 bits per heavy atom. The Hall–Kier alpha value is -2.09. The van der Waals surface area contributed by atoms with Gasteiger partial charge in [0.25, 0.3) is 0 Å². The smallest absolute Gasteiger partial charge is 0.193 e. The maximum Gasteiger partial charge on any atom is 0.193 e. The van der Waals surface area contributed by atoms with Crippen LogP contribution in [0.5, 0.6) is 0 Å². The molecule has 0 bridgehead atoms. The lowest BCUT2D eigenvalue weighted by Gasteiger charge is -2.05. The van der Waals surface area contributed by atoms with Crippen LogP contribution in [0, 0.1) is 13.8 Å². The molecule has 0 unspecified atom stereocenters. The standard InChI is InChI=1S/C15H15NO/c1-10-4-3-5-12(8-10)15(17)13-7-6-11(2)14(16)9-13/h3-9H,16H2,1-2H3. The molecule has 0 radical (unpaired) electrons. The monoisotopic (exact) mass is 225 g/mol. The lowest BCUT2D eigenvalue weighted by molar-refractivity contribution is 0.103. The lowest BCUT2D eigenvalue weighted by Crippen LogP contribution is -2.03. The first-order valence-corrected chi connectivity index (χ1v) is 5.55. The molecule has 0 aliphatic heterocycles. The fraction of sp³-hybridized carbons (Fsp3) is 0.133. The van der Waals surface area contributed by atoms with Crippen LogP contribution in [-0.2, 0) is 0 Å². The van der Waals surface area contributed by atoms with Crippen molar-refractivity contribution in [2.45, 2.75) is 13.8 Å². The Kier molecular flexibility index (Phi) is 2.96. The van der Waals surface area contributed by atoms with Gasteiger partial charge in [-0.2, -0.15) is 0 Å². The predicted octanol–water partition coefficient (Wildman–Crippen LogP) is 3.12. The van der Waals surface area contributed by atoms with Gasteiger partial charge in [0.1, 0.15) is 0 Å². The fourth-order valence-corrected chi connectivity index (χ4v) is 1.73. The van der Waals surface area contributed by atoms with Gasteiger partial charge < -0.3 is 5.73 Å². The molecule has 0 aromatic heterocycles. The maximum atomic E-state index is 12.2. The van der Waals surface area contributed by atoms with Gasteiger partial charge in [-0.25, -0.2) is 0 Å². The molecule has 0 aliphatic carbocycles. The zero-order chi connectivity index (χ0) is 12.4. The first kappa shape index (κ1) is 11.4. The van der Waals surface area contributed by atoms with Crippen LogP contribution >= 0.6 is 0 Å². The molecule has 0 aliphatic rings. The molecule has 0 saturated heterocycles. The Labute approximate surface area is 101 Å². The summed E-state index contributed by atoms with van der Waals surface area (Å²) < 4.78 is 0. The summed E-state index contributed by atoms with van der Waals surface area (Å²) in [6.45, 7) is 3.90. The third-order valence-electron chi connectivity index (χ3n) is 2.82. The molecule has 0 spiro atoms. The summed E-state index contributed by atoms with van der Waals surface area (Å²) in [5, 5.41) is 0. The van der Waals surface area contributed by atoms with Crippen LogP contribution in [0.4, 0.5) is 5.69 Å². The number of benzene rings is 2. The molecule has 0 saturated carbocycles. The summed E-state index contributed by atoms with van der Waals surface area (Å²) in [5.41, 5.74) is 9.88. The number of nitrogen functional groups attached to an aromatic ring is 1. The molecule has 2 N–H and O–H groups in total. The van der Waals surface area contributed by atoms with Crippen molar-refractivity contribution in [1.29, 1.82) is 0 Å². The highest BCUT2D eigenvalue weighted by molar-refractivity contribution is 6.09. The van der Waals surface area contributed by atoms with E-state index < -0.39 is 0 Å². The van der Waals surface area contributed by atoms with Gasteiger partial charge in [0.05, 0.1) is 0 Å². The Balaban J connectivity index is 2.40. The number of nitrogens with two attached hydrogens (primary N) is 1. The van der Waals surface area contributed by atoms with Crippen molar-refractivity contribution in [1.82, 2.24) is 0 Å². The van der Waals surface area contributed by atoms with E-state index in [0.717, 1.165) is 11.1 Å². The third-order valence-corrected chi connectivity index (χ3v) is 2.82. The second-order valence-corrected chi connectivity index (χ2v) is 4.27. The molecule has 0 fully saturated rings. The largest absolute Gasteiger partial charge is 0.398 e. The highest BCUT2D eigenvalue weighted by Gasteiger charge is 2.09. The minimum absolute atomic E-state index is 0.0143. The van der Waals surface area contributed by atoms with Gasteiger partial charge in [-0.05, 0) is 31.5 Å². The van der Waals surface area contributed by atoms with Crippen molar-refractivity contribution >= 4 is 11.5 Å². The quantitative estimate of drug-likeness (QED) is 0.630. The Morgan fingerprint density at radius 3 is 2.35 bits per heavy atom. The molecule has 0 atom stereocenters. The molecule has 2 heteroatoms. The number of anilines is 1. The summed E-state index contributed by atoms with van der Waals surface area (Å²) in [6, 6.07) is 13.0. The molecule has 2 aromatic carbocycles. The van der Waals surface area contributed by atoms with Crippen LogP contribution in [0.15, 0.2) is 42.5 Å². The van der Waals surface area contributed by atoms with Gasteiger partial charge in [0, 0.05) is 16.8 Å². The van der Waals surface area contributed by atoms with E-state index in [9.17, 15) is 4.79 Å². The Morgan fingerprint density at radius 2 is 1.71 bits per heavy atom. The van der Waals surface area contributed by atoms with E-state index in [1.807, 2.05) is 50.2 Å². The molecule has 2 rings (SSSR count). The van der Waals surface area contributed by atoms with Gasteiger partial charge in [0.2, 0.25) is 0 Å². The predicted molar refractivity (Wildman–Crippen MR) is 70.2 cm³/mol. The fourth-order valence-electron chi connectivity index (χ4n) is 1.73. The van der Waals surface area contributed by atoms with Gasteiger partial charge in [0.15, 0.2) is 5.78 Å². The molecule has 2 aromatic rings. The SMILES string of the molecule is Cc1cccc(C(=O)c2ccc(C)c(N)c2)c1. The second kappa shape index (κ2) is 4.42. The van der Waals surface area contributed by atoms with Crippen molar-refractivity contribution in [2.75, 3.05) is 5.73 Å². The van der Waals surface area contributed by atoms with Gasteiger partial charge >= 0.3 is 0 Å². The van der Waals surface area contributed by atoms with E-state index in [4.69, 9.17) is 5.73 Å². The zero-order valence-electron chi connectivity index (χ0n) is 10.0. The summed E-state index contributed by atoms with van der Waals surface area (Å²) in [5.74, 6) is 0.0143. The van der Waals surface area contributed by atoms with Crippen LogP contribution in [0.3, 0.4) is 0 Å².